The highest BCUT2D eigenvalue weighted by Gasteiger charge is 2.40. The van der Waals surface area contributed by atoms with E-state index in [0.717, 1.165) is 0 Å². The molecule has 0 saturated carbocycles. The Morgan fingerprint density at radius 1 is 1.53 bits per heavy atom. The molecule has 1 unspecified atom stereocenters. The van der Waals surface area contributed by atoms with E-state index in [1.54, 1.807) is 0 Å². The van der Waals surface area contributed by atoms with Gasteiger partial charge in [0, 0.05) is 19.0 Å². The van der Waals surface area contributed by atoms with E-state index in [1.165, 1.54) is 0 Å². The quantitative estimate of drug-likeness (QED) is 0.682. The first kappa shape index (κ1) is 12.2. The molecule has 1 saturated heterocycles. The molecule has 3 nitrogen and oxygen atoms in total. The third kappa shape index (κ3) is 3.65. The predicted molar refractivity (Wildman–Crippen MR) is 45.0 cm³/mol. The van der Waals surface area contributed by atoms with Gasteiger partial charge in [0.2, 0.25) is 5.91 Å². The monoisotopic (exact) mass is 228 g/mol. The van der Waals surface area contributed by atoms with Crippen LogP contribution in [0.3, 0.4) is 0 Å². The van der Waals surface area contributed by atoms with Crippen LogP contribution in [0.2, 0.25) is 0 Å². The van der Waals surface area contributed by atoms with Gasteiger partial charge >= 0.3 is 12.3 Å². The maximum Gasteiger partial charge on any atom is 0.319 e. The molecule has 0 aromatic carbocycles. The second-order valence-electron chi connectivity index (χ2n) is 3.50. The van der Waals surface area contributed by atoms with Crippen LogP contribution in [-0.4, -0.2) is 37.4 Å². The minimum atomic E-state index is -4.01. The Hall–Kier alpha value is -0.850. The third-order valence-corrected chi connectivity index (χ3v) is 2.16. The first-order chi connectivity index (χ1) is 6.92. The lowest BCUT2D eigenvalue weighted by molar-refractivity contribution is -0.125. The Kier molecular flexibility index (Phi) is 3.90. The van der Waals surface area contributed by atoms with Crippen molar-refractivity contribution in [2.24, 2.45) is 0 Å². The van der Waals surface area contributed by atoms with Crippen molar-refractivity contribution < 1.29 is 22.4 Å². The number of rotatable bonds is 5. The van der Waals surface area contributed by atoms with Crippen molar-refractivity contribution in [2.75, 3.05) is 13.1 Å². The SMILES string of the molecule is O=C1CCC(CNCC(F)(F)C(F)F)N1. The van der Waals surface area contributed by atoms with Crippen molar-refractivity contribution in [3.05, 3.63) is 0 Å². The number of amides is 1. The summed E-state index contributed by atoms with van der Waals surface area (Å²) in [4.78, 5) is 10.7. The van der Waals surface area contributed by atoms with Gasteiger partial charge in [-0.1, -0.05) is 0 Å². The van der Waals surface area contributed by atoms with E-state index in [4.69, 9.17) is 0 Å². The molecule has 1 rings (SSSR count). The van der Waals surface area contributed by atoms with Gasteiger partial charge in [-0.15, -0.1) is 0 Å². The molecule has 0 aromatic rings. The molecule has 0 spiro atoms. The molecule has 0 radical (unpaired) electrons. The summed E-state index contributed by atoms with van der Waals surface area (Å²) in [5.74, 6) is -4.15. The average Bonchev–Trinajstić information content (AvgIpc) is 2.51. The molecule has 0 bridgehead atoms. The fourth-order valence-electron chi connectivity index (χ4n) is 1.32. The number of hydrogen-bond donors (Lipinski definition) is 2. The number of halogens is 4. The van der Waals surface area contributed by atoms with Gasteiger partial charge in [-0.2, -0.15) is 8.78 Å². The zero-order chi connectivity index (χ0) is 11.5. The fraction of sp³-hybridized carbons (Fsp3) is 0.875. The Morgan fingerprint density at radius 3 is 2.67 bits per heavy atom. The van der Waals surface area contributed by atoms with Crippen LogP contribution in [0.1, 0.15) is 12.8 Å². The predicted octanol–water partition coefficient (Wildman–Crippen LogP) is 0.755. The zero-order valence-electron chi connectivity index (χ0n) is 7.90. The number of nitrogens with one attached hydrogen (secondary N) is 2. The molecule has 1 fully saturated rings. The maximum atomic E-state index is 12.4. The van der Waals surface area contributed by atoms with Crippen LogP contribution in [0.4, 0.5) is 17.6 Å². The molecule has 0 aromatic heterocycles. The van der Waals surface area contributed by atoms with Gasteiger partial charge in [0.05, 0.1) is 6.54 Å². The highest BCUT2D eigenvalue weighted by Crippen LogP contribution is 2.21. The van der Waals surface area contributed by atoms with E-state index in [-0.39, 0.29) is 18.5 Å². The van der Waals surface area contributed by atoms with E-state index < -0.39 is 18.9 Å². The molecule has 1 aliphatic heterocycles. The van der Waals surface area contributed by atoms with Crippen LogP contribution in [-0.2, 0) is 4.79 Å². The lowest BCUT2D eigenvalue weighted by atomic mass is 10.2. The summed E-state index contributed by atoms with van der Waals surface area (Å²) in [5.41, 5.74) is 0. The molecular formula is C8H12F4N2O. The Bertz CT molecular complexity index is 235. The largest absolute Gasteiger partial charge is 0.352 e. The molecule has 1 atom stereocenters. The van der Waals surface area contributed by atoms with Gasteiger partial charge in [-0.3, -0.25) is 4.79 Å². The van der Waals surface area contributed by atoms with Crippen LogP contribution < -0.4 is 10.6 Å². The zero-order valence-corrected chi connectivity index (χ0v) is 7.90. The summed E-state index contributed by atoms with van der Waals surface area (Å²) in [6, 6.07) is -0.231. The van der Waals surface area contributed by atoms with Gasteiger partial charge in [-0.05, 0) is 6.42 Å². The molecule has 1 amide bonds. The Balaban J connectivity index is 2.19. The van der Waals surface area contributed by atoms with Crippen LogP contribution >= 0.6 is 0 Å². The van der Waals surface area contributed by atoms with Crippen molar-refractivity contribution in [3.63, 3.8) is 0 Å². The van der Waals surface area contributed by atoms with E-state index in [2.05, 4.69) is 10.6 Å². The molecule has 2 N–H and O–H groups in total. The highest BCUT2D eigenvalue weighted by molar-refractivity contribution is 5.78. The number of carbonyl (C=O) groups excluding carboxylic acids is 1. The number of alkyl halides is 4. The van der Waals surface area contributed by atoms with E-state index >= 15 is 0 Å². The van der Waals surface area contributed by atoms with E-state index in [0.29, 0.717) is 12.8 Å². The van der Waals surface area contributed by atoms with Crippen LogP contribution in [0.25, 0.3) is 0 Å². The van der Waals surface area contributed by atoms with E-state index in [1.807, 2.05) is 0 Å². The van der Waals surface area contributed by atoms with Crippen molar-refractivity contribution in [1.29, 1.82) is 0 Å². The van der Waals surface area contributed by atoms with Crippen LogP contribution in [0.5, 0.6) is 0 Å². The number of hydrogen-bond acceptors (Lipinski definition) is 2. The molecule has 88 valence electrons. The normalized spacial score (nSPS) is 22.2. The van der Waals surface area contributed by atoms with Gasteiger partial charge in [0.15, 0.2) is 0 Å². The lowest BCUT2D eigenvalue weighted by Crippen LogP contribution is -2.43. The topological polar surface area (TPSA) is 41.1 Å². The van der Waals surface area contributed by atoms with Crippen molar-refractivity contribution in [3.8, 4) is 0 Å². The van der Waals surface area contributed by atoms with E-state index in [9.17, 15) is 22.4 Å². The summed E-state index contributed by atoms with van der Waals surface area (Å²) in [5, 5.41) is 4.76. The van der Waals surface area contributed by atoms with Gasteiger partial charge in [-0.25, -0.2) is 8.78 Å². The minimum Gasteiger partial charge on any atom is -0.352 e. The molecule has 7 heteroatoms. The molecule has 0 aliphatic carbocycles. The first-order valence-electron chi connectivity index (χ1n) is 4.58. The second kappa shape index (κ2) is 4.78. The molecule has 1 aliphatic rings. The third-order valence-electron chi connectivity index (χ3n) is 2.16. The lowest BCUT2D eigenvalue weighted by Gasteiger charge is -2.17. The summed E-state index contributed by atoms with van der Waals surface area (Å²) < 4.78 is 48.2. The summed E-state index contributed by atoms with van der Waals surface area (Å²) >= 11 is 0. The first-order valence-corrected chi connectivity index (χ1v) is 4.58. The van der Waals surface area contributed by atoms with Crippen molar-refractivity contribution in [1.82, 2.24) is 10.6 Å². The van der Waals surface area contributed by atoms with Gasteiger partial charge < -0.3 is 10.6 Å². The van der Waals surface area contributed by atoms with Gasteiger partial charge in [0.1, 0.15) is 0 Å². The minimum absolute atomic E-state index is 0.0913. The van der Waals surface area contributed by atoms with Gasteiger partial charge in [0.25, 0.3) is 0 Å². The summed E-state index contributed by atoms with van der Waals surface area (Å²) in [6.07, 6.45) is -2.76. The molecular weight excluding hydrogens is 216 g/mol. The summed E-state index contributed by atoms with van der Waals surface area (Å²) in [7, 11) is 0. The highest BCUT2D eigenvalue weighted by atomic mass is 19.3. The van der Waals surface area contributed by atoms with Crippen molar-refractivity contribution >= 4 is 5.91 Å². The second-order valence-corrected chi connectivity index (χ2v) is 3.50. The van der Waals surface area contributed by atoms with Crippen LogP contribution in [0, 0.1) is 0 Å². The standard InChI is InChI=1S/C8H12F4N2O/c9-7(10)8(11,12)4-13-3-5-1-2-6(15)14-5/h5,7,13H,1-4H2,(H,14,15). The van der Waals surface area contributed by atoms with Crippen molar-refractivity contribution in [2.45, 2.75) is 31.2 Å². The maximum absolute atomic E-state index is 12.4. The molecule has 1 heterocycles. The average molecular weight is 228 g/mol. The summed E-state index contributed by atoms with van der Waals surface area (Å²) in [6.45, 7) is -0.981. The van der Waals surface area contributed by atoms with Crippen LogP contribution in [0.15, 0.2) is 0 Å². The fourth-order valence-corrected chi connectivity index (χ4v) is 1.32. The Morgan fingerprint density at radius 2 is 2.20 bits per heavy atom. The smallest absolute Gasteiger partial charge is 0.319 e. The number of carbonyl (C=O) groups is 1. The molecule has 15 heavy (non-hydrogen) atoms. The Labute approximate surface area is 84.2 Å².